The molecule has 0 aromatic heterocycles. The number of rotatable bonds is 6. The van der Waals surface area contributed by atoms with Crippen LogP contribution >= 0.6 is 0 Å². The smallest absolute Gasteiger partial charge is 0.360 e. The van der Waals surface area contributed by atoms with Crippen LogP contribution in [0, 0.1) is 5.92 Å². The van der Waals surface area contributed by atoms with Gasteiger partial charge in [0.2, 0.25) is 6.10 Å². The van der Waals surface area contributed by atoms with Crippen LogP contribution in [0.4, 0.5) is 26.3 Å². The minimum Gasteiger partial charge on any atom is -0.360 e. The Morgan fingerprint density at radius 3 is 1.72 bits per heavy atom. The molecule has 0 spiro atoms. The fourth-order valence-corrected chi connectivity index (χ4v) is 1.07. The Labute approximate surface area is 102 Å². The van der Waals surface area contributed by atoms with Crippen molar-refractivity contribution in [3.8, 4) is 0 Å². The van der Waals surface area contributed by atoms with Crippen molar-refractivity contribution in [3.05, 3.63) is 0 Å². The standard InChI is InChI=1S/C10H17F6NO/c1-6(2)7(3)17-4-5-18-8(9(11,12)13)10(14,15)16/h6-8,17H,4-5H2,1-3H3. The Morgan fingerprint density at radius 2 is 1.39 bits per heavy atom. The first-order chi connectivity index (χ1) is 7.96. The Balaban J connectivity index is 4.16. The molecule has 0 aromatic rings. The van der Waals surface area contributed by atoms with E-state index >= 15 is 0 Å². The molecule has 0 aliphatic rings. The van der Waals surface area contributed by atoms with Crippen molar-refractivity contribution in [2.45, 2.75) is 45.3 Å². The lowest BCUT2D eigenvalue weighted by Crippen LogP contribution is -2.45. The summed E-state index contributed by atoms with van der Waals surface area (Å²) in [6.07, 6.45) is -14.6. The molecule has 0 aliphatic carbocycles. The second-order valence-electron chi connectivity index (χ2n) is 4.32. The SMILES string of the molecule is CC(C)C(C)NCCOC(C(F)(F)F)C(F)(F)F. The number of ether oxygens (including phenoxy) is 1. The molecule has 0 saturated carbocycles. The fraction of sp³-hybridized carbons (Fsp3) is 1.00. The van der Waals surface area contributed by atoms with Gasteiger partial charge in [0.25, 0.3) is 0 Å². The van der Waals surface area contributed by atoms with Gasteiger partial charge in [0.1, 0.15) is 0 Å². The minimum atomic E-state index is -5.44. The quantitative estimate of drug-likeness (QED) is 0.596. The molecule has 110 valence electrons. The minimum absolute atomic E-state index is 0.0103. The van der Waals surface area contributed by atoms with Crippen molar-refractivity contribution >= 4 is 0 Å². The molecule has 0 rings (SSSR count). The zero-order valence-electron chi connectivity index (χ0n) is 10.3. The predicted octanol–water partition coefficient (Wildman–Crippen LogP) is 3.13. The van der Waals surface area contributed by atoms with Gasteiger partial charge in [-0.2, -0.15) is 26.3 Å². The van der Waals surface area contributed by atoms with Crippen molar-refractivity contribution in [2.75, 3.05) is 13.2 Å². The molecular formula is C10H17F6NO. The Morgan fingerprint density at radius 1 is 0.944 bits per heavy atom. The van der Waals surface area contributed by atoms with Crippen LogP contribution in [0.1, 0.15) is 20.8 Å². The third kappa shape index (κ3) is 6.44. The summed E-state index contributed by atoms with van der Waals surface area (Å²) in [5, 5.41) is 2.78. The molecule has 0 aliphatic heterocycles. The van der Waals surface area contributed by atoms with Gasteiger partial charge in [0.05, 0.1) is 6.61 Å². The maximum atomic E-state index is 12.1. The summed E-state index contributed by atoms with van der Waals surface area (Å²) in [6, 6.07) is -0.0103. The first-order valence-electron chi connectivity index (χ1n) is 5.44. The maximum Gasteiger partial charge on any atom is 0.423 e. The fourth-order valence-electron chi connectivity index (χ4n) is 1.07. The monoisotopic (exact) mass is 281 g/mol. The summed E-state index contributed by atoms with van der Waals surface area (Å²) in [5.74, 6) is 0.228. The number of halogens is 6. The second-order valence-corrected chi connectivity index (χ2v) is 4.32. The summed E-state index contributed by atoms with van der Waals surface area (Å²) in [4.78, 5) is 0. The van der Waals surface area contributed by atoms with Gasteiger partial charge in [-0.15, -0.1) is 0 Å². The maximum absolute atomic E-state index is 12.1. The molecule has 1 unspecified atom stereocenters. The van der Waals surface area contributed by atoms with Crippen LogP contribution in [0.15, 0.2) is 0 Å². The van der Waals surface area contributed by atoms with E-state index in [1.807, 2.05) is 13.8 Å². The summed E-state index contributed by atoms with van der Waals surface area (Å²) in [6.45, 7) is 4.83. The van der Waals surface area contributed by atoms with Crippen molar-refractivity contribution in [1.82, 2.24) is 5.32 Å². The summed E-state index contributed by atoms with van der Waals surface area (Å²) >= 11 is 0. The van der Waals surface area contributed by atoms with Gasteiger partial charge >= 0.3 is 12.4 Å². The largest absolute Gasteiger partial charge is 0.423 e. The molecule has 0 saturated heterocycles. The van der Waals surface area contributed by atoms with Gasteiger partial charge in [-0.25, -0.2) is 0 Å². The highest BCUT2D eigenvalue weighted by atomic mass is 19.4. The Hall–Kier alpha value is -0.500. The normalized spacial score (nSPS) is 15.5. The van der Waals surface area contributed by atoms with Crippen LogP contribution in [0.25, 0.3) is 0 Å². The van der Waals surface area contributed by atoms with Crippen LogP contribution in [-0.4, -0.2) is 37.7 Å². The average Bonchev–Trinajstić information content (AvgIpc) is 2.12. The van der Waals surface area contributed by atoms with Crippen LogP contribution in [-0.2, 0) is 4.74 Å². The van der Waals surface area contributed by atoms with Gasteiger partial charge in [-0.3, -0.25) is 0 Å². The molecule has 0 fully saturated rings. The molecule has 0 amide bonds. The molecule has 0 aromatic carbocycles. The summed E-state index contributed by atoms with van der Waals surface area (Å²) < 4.78 is 76.3. The topological polar surface area (TPSA) is 21.3 Å². The zero-order chi connectivity index (χ0) is 14.6. The third-order valence-electron chi connectivity index (χ3n) is 2.45. The van der Waals surface area contributed by atoms with Gasteiger partial charge in [-0.1, -0.05) is 13.8 Å². The van der Waals surface area contributed by atoms with Crippen LogP contribution < -0.4 is 5.32 Å². The van der Waals surface area contributed by atoms with Crippen molar-refractivity contribution in [3.63, 3.8) is 0 Å². The lowest BCUT2D eigenvalue weighted by atomic mass is 10.1. The molecule has 2 nitrogen and oxygen atoms in total. The first-order valence-corrected chi connectivity index (χ1v) is 5.44. The Bertz CT molecular complexity index is 224. The highest BCUT2D eigenvalue weighted by Crippen LogP contribution is 2.35. The van der Waals surface area contributed by atoms with Gasteiger partial charge < -0.3 is 10.1 Å². The highest BCUT2D eigenvalue weighted by molar-refractivity contribution is 4.76. The molecule has 1 N–H and O–H groups in total. The van der Waals surface area contributed by atoms with Gasteiger partial charge in [0.15, 0.2) is 0 Å². The van der Waals surface area contributed by atoms with Gasteiger partial charge in [-0.05, 0) is 12.8 Å². The number of hydrogen-bond donors (Lipinski definition) is 1. The van der Waals surface area contributed by atoms with Crippen molar-refractivity contribution in [1.29, 1.82) is 0 Å². The number of alkyl halides is 6. The number of hydrogen-bond acceptors (Lipinski definition) is 2. The predicted molar refractivity (Wildman–Crippen MR) is 54.2 cm³/mol. The average molecular weight is 281 g/mol. The molecule has 8 heteroatoms. The van der Waals surface area contributed by atoms with Crippen molar-refractivity contribution in [2.24, 2.45) is 5.92 Å². The molecule has 0 bridgehead atoms. The zero-order valence-corrected chi connectivity index (χ0v) is 10.3. The van der Waals surface area contributed by atoms with E-state index in [0.717, 1.165) is 0 Å². The molecule has 0 radical (unpaired) electrons. The van der Waals surface area contributed by atoms with Crippen LogP contribution in [0.2, 0.25) is 0 Å². The molecule has 1 atom stereocenters. The van der Waals surface area contributed by atoms with Gasteiger partial charge in [0, 0.05) is 12.6 Å². The van der Waals surface area contributed by atoms with Crippen LogP contribution in [0.3, 0.4) is 0 Å². The lowest BCUT2D eigenvalue weighted by Gasteiger charge is -2.24. The van der Waals surface area contributed by atoms with E-state index in [2.05, 4.69) is 10.1 Å². The summed E-state index contributed by atoms with van der Waals surface area (Å²) in [5.41, 5.74) is 0. The van der Waals surface area contributed by atoms with Crippen molar-refractivity contribution < 1.29 is 31.1 Å². The molecule has 0 heterocycles. The number of nitrogens with one attached hydrogen (secondary N) is 1. The Kier molecular flexibility index (Phi) is 6.42. The third-order valence-corrected chi connectivity index (χ3v) is 2.45. The van der Waals surface area contributed by atoms with E-state index in [1.165, 1.54) is 0 Å². The van der Waals surface area contributed by atoms with E-state index in [4.69, 9.17) is 0 Å². The highest BCUT2D eigenvalue weighted by Gasteiger charge is 2.57. The van der Waals surface area contributed by atoms with E-state index in [0.29, 0.717) is 0 Å². The van der Waals surface area contributed by atoms with Crippen LogP contribution in [0.5, 0.6) is 0 Å². The lowest BCUT2D eigenvalue weighted by molar-refractivity contribution is -0.321. The van der Waals surface area contributed by atoms with E-state index < -0.39 is 25.1 Å². The van der Waals surface area contributed by atoms with E-state index in [1.54, 1.807) is 6.92 Å². The summed E-state index contributed by atoms with van der Waals surface area (Å²) in [7, 11) is 0. The molecule has 18 heavy (non-hydrogen) atoms. The van der Waals surface area contributed by atoms with E-state index in [-0.39, 0.29) is 18.5 Å². The first kappa shape index (κ1) is 17.5. The molecular weight excluding hydrogens is 264 g/mol. The van der Waals surface area contributed by atoms with E-state index in [9.17, 15) is 26.3 Å². The second kappa shape index (κ2) is 6.60.